The molecular weight excluding hydrogens is 228 g/mol. The lowest BCUT2D eigenvalue weighted by Crippen LogP contribution is -2.32. The van der Waals surface area contributed by atoms with Crippen LogP contribution in [0.25, 0.3) is 0 Å². The minimum absolute atomic E-state index is 0.00341. The van der Waals surface area contributed by atoms with E-state index in [4.69, 9.17) is 10.5 Å². The van der Waals surface area contributed by atoms with Crippen LogP contribution in [-0.2, 0) is 10.2 Å². The van der Waals surface area contributed by atoms with E-state index in [0.717, 1.165) is 5.56 Å². The van der Waals surface area contributed by atoms with E-state index in [-0.39, 0.29) is 11.3 Å². The molecule has 4 nitrogen and oxygen atoms in total. The van der Waals surface area contributed by atoms with E-state index in [1.54, 1.807) is 14.2 Å². The Labute approximate surface area is 109 Å². The number of rotatable bonds is 3. The van der Waals surface area contributed by atoms with E-state index in [2.05, 4.69) is 26.1 Å². The number of nitrogens with two attached hydrogens (primary N) is 1. The van der Waals surface area contributed by atoms with Gasteiger partial charge in [0.05, 0.1) is 7.11 Å². The second kappa shape index (κ2) is 5.40. The molecule has 0 bridgehead atoms. The monoisotopic (exact) mass is 250 g/mol. The average molecular weight is 250 g/mol. The first-order valence-corrected chi connectivity index (χ1v) is 5.97. The lowest BCUT2D eigenvalue weighted by Gasteiger charge is -2.22. The average Bonchev–Trinajstić information content (AvgIpc) is 2.35. The van der Waals surface area contributed by atoms with Crippen LogP contribution in [0.1, 0.15) is 37.9 Å². The summed E-state index contributed by atoms with van der Waals surface area (Å²) in [7, 11) is 3.15. The fraction of sp³-hybridized carbons (Fsp3) is 0.500. The van der Waals surface area contributed by atoms with Crippen molar-refractivity contribution in [3.05, 3.63) is 29.3 Å². The minimum atomic E-state index is -0.716. The van der Waals surface area contributed by atoms with E-state index in [9.17, 15) is 4.79 Å². The zero-order chi connectivity index (χ0) is 13.9. The molecule has 0 spiro atoms. The van der Waals surface area contributed by atoms with Crippen LogP contribution in [0.5, 0.6) is 5.75 Å². The maximum atomic E-state index is 11.6. The molecule has 1 amide bonds. The molecular formula is C14H22N2O2. The van der Waals surface area contributed by atoms with Gasteiger partial charge in [0, 0.05) is 12.6 Å². The molecule has 4 heteroatoms. The van der Waals surface area contributed by atoms with Crippen LogP contribution < -0.4 is 15.8 Å². The Morgan fingerprint density at radius 2 is 2.00 bits per heavy atom. The summed E-state index contributed by atoms with van der Waals surface area (Å²) in [5.41, 5.74) is 7.78. The highest BCUT2D eigenvalue weighted by molar-refractivity contribution is 5.83. The van der Waals surface area contributed by atoms with Crippen LogP contribution >= 0.6 is 0 Å². The van der Waals surface area contributed by atoms with Gasteiger partial charge in [-0.25, -0.2) is 0 Å². The Bertz CT molecular complexity index is 436. The van der Waals surface area contributed by atoms with Crippen molar-refractivity contribution < 1.29 is 9.53 Å². The molecule has 0 saturated carbocycles. The van der Waals surface area contributed by atoms with Gasteiger partial charge in [-0.15, -0.1) is 0 Å². The summed E-state index contributed by atoms with van der Waals surface area (Å²) in [6.45, 7) is 6.35. The van der Waals surface area contributed by atoms with Crippen LogP contribution in [0.2, 0.25) is 0 Å². The lowest BCUT2D eigenvalue weighted by atomic mass is 9.85. The summed E-state index contributed by atoms with van der Waals surface area (Å²) < 4.78 is 5.27. The predicted octanol–water partition coefficient (Wildman–Crippen LogP) is 1.74. The van der Waals surface area contributed by atoms with Crippen LogP contribution in [0.4, 0.5) is 0 Å². The van der Waals surface area contributed by atoms with E-state index in [1.165, 1.54) is 0 Å². The van der Waals surface area contributed by atoms with Gasteiger partial charge in [-0.1, -0.05) is 26.8 Å². The SMILES string of the molecule is CNC(=O)C(N)c1cc(C(C)(C)C)ccc1OC. The summed E-state index contributed by atoms with van der Waals surface area (Å²) in [6, 6.07) is 5.09. The third-order valence-corrected chi connectivity index (χ3v) is 2.96. The van der Waals surface area contributed by atoms with Crippen molar-refractivity contribution in [3.8, 4) is 5.75 Å². The number of ether oxygens (including phenoxy) is 1. The first-order chi connectivity index (χ1) is 8.31. The van der Waals surface area contributed by atoms with Gasteiger partial charge in [0.25, 0.3) is 0 Å². The molecule has 1 unspecified atom stereocenters. The van der Waals surface area contributed by atoms with Crippen molar-refractivity contribution in [2.45, 2.75) is 32.2 Å². The standard InChI is InChI=1S/C14H22N2O2/c1-14(2,3)9-6-7-11(18-5)10(8-9)12(15)13(17)16-4/h6-8,12H,15H2,1-5H3,(H,16,17). The quantitative estimate of drug-likeness (QED) is 0.858. The van der Waals surface area contributed by atoms with Crippen molar-refractivity contribution in [3.63, 3.8) is 0 Å². The number of benzene rings is 1. The third-order valence-electron chi connectivity index (χ3n) is 2.96. The Kier molecular flexibility index (Phi) is 4.35. The maximum absolute atomic E-state index is 11.6. The number of carbonyl (C=O) groups is 1. The first-order valence-electron chi connectivity index (χ1n) is 5.97. The maximum Gasteiger partial charge on any atom is 0.241 e. The van der Waals surface area contributed by atoms with Crippen LogP contribution in [0.3, 0.4) is 0 Å². The van der Waals surface area contributed by atoms with Crippen LogP contribution in [0, 0.1) is 0 Å². The van der Waals surface area contributed by atoms with Gasteiger partial charge < -0.3 is 15.8 Å². The third kappa shape index (κ3) is 3.01. The van der Waals surface area contributed by atoms with Crippen molar-refractivity contribution in [2.75, 3.05) is 14.2 Å². The number of methoxy groups -OCH3 is 1. The van der Waals surface area contributed by atoms with E-state index in [0.29, 0.717) is 11.3 Å². The Balaban J connectivity index is 3.26. The molecule has 0 fully saturated rings. The molecule has 3 N–H and O–H groups in total. The largest absolute Gasteiger partial charge is 0.496 e. The summed E-state index contributed by atoms with van der Waals surface area (Å²) >= 11 is 0. The lowest BCUT2D eigenvalue weighted by molar-refractivity contribution is -0.122. The highest BCUT2D eigenvalue weighted by atomic mass is 16.5. The minimum Gasteiger partial charge on any atom is -0.496 e. The van der Waals surface area contributed by atoms with Gasteiger partial charge in [-0.05, 0) is 23.1 Å². The smallest absolute Gasteiger partial charge is 0.241 e. The van der Waals surface area contributed by atoms with Gasteiger partial charge in [0.1, 0.15) is 11.8 Å². The summed E-state index contributed by atoms with van der Waals surface area (Å²) in [5, 5.41) is 2.55. The molecule has 1 rings (SSSR count). The summed E-state index contributed by atoms with van der Waals surface area (Å²) in [4.78, 5) is 11.6. The second-order valence-electron chi connectivity index (χ2n) is 5.30. The predicted molar refractivity (Wildman–Crippen MR) is 72.7 cm³/mol. The molecule has 1 aromatic carbocycles. The van der Waals surface area contributed by atoms with E-state index < -0.39 is 6.04 Å². The second-order valence-corrected chi connectivity index (χ2v) is 5.30. The van der Waals surface area contributed by atoms with Crippen LogP contribution in [-0.4, -0.2) is 20.1 Å². The fourth-order valence-corrected chi connectivity index (χ4v) is 1.74. The molecule has 0 heterocycles. The number of amides is 1. The molecule has 0 aliphatic rings. The zero-order valence-corrected chi connectivity index (χ0v) is 11.7. The Morgan fingerprint density at radius 1 is 1.39 bits per heavy atom. The molecule has 0 aliphatic carbocycles. The summed E-state index contributed by atoms with van der Waals surface area (Å²) in [5.74, 6) is 0.415. The molecule has 1 atom stereocenters. The summed E-state index contributed by atoms with van der Waals surface area (Å²) in [6.07, 6.45) is 0. The Morgan fingerprint density at radius 3 is 2.44 bits per heavy atom. The van der Waals surface area contributed by atoms with Crippen LogP contribution in [0.15, 0.2) is 18.2 Å². The molecule has 0 aliphatic heterocycles. The molecule has 1 aromatic rings. The van der Waals surface area contributed by atoms with Gasteiger partial charge in [-0.2, -0.15) is 0 Å². The highest BCUT2D eigenvalue weighted by Crippen LogP contribution is 2.30. The topological polar surface area (TPSA) is 64.4 Å². The first kappa shape index (κ1) is 14.5. The van der Waals surface area contributed by atoms with Gasteiger partial charge in [0.2, 0.25) is 5.91 Å². The molecule has 18 heavy (non-hydrogen) atoms. The van der Waals surface area contributed by atoms with Gasteiger partial charge in [-0.3, -0.25) is 4.79 Å². The molecule has 100 valence electrons. The van der Waals surface area contributed by atoms with E-state index in [1.807, 2.05) is 18.2 Å². The number of nitrogens with one attached hydrogen (secondary N) is 1. The van der Waals surface area contributed by atoms with Crippen molar-refractivity contribution in [1.29, 1.82) is 0 Å². The van der Waals surface area contributed by atoms with Gasteiger partial charge in [0.15, 0.2) is 0 Å². The fourth-order valence-electron chi connectivity index (χ4n) is 1.74. The van der Waals surface area contributed by atoms with Crippen molar-refractivity contribution >= 4 is 5.91 Å². The Hall–Kier alpha value is -1.55. The molecule has 0 saturated heterocycles. The van der Waals surface area contributed by atoms with Crippen molar-refractivity contribution in [2.24, 2.45) is 5.73 Å². The highest BCUT2D eigenvalue weighted by Gasteiger charge is 2.22. The van der Waals surface area contributed by atoms with Crippen molar-refractivity contribution in [1.82, 2.24) is 5.32 Å². The molecule has 0 radical (unpaired) electrons. The van der Waals surface area contributed by atoms with Gasteiger partial charge >= 0.3 is 0 Å². The molecule has 0 aromatic heterocycles. The number of hydrogen-bond acceptors (Lipinski definition) is 3. The normalized spacial score (nSPS) is 13.0. The number of hydrogen-bond donors (Lipinski definition) is 2. The van der Waals surface area contributed by atoms with E-state index >= 15 is 0 Å². The number of likely N-dealkylation sites (N-methyl/N-ethyl adjacent to an activating group) is 1. The number of carbonyl (C=O) groups excluding carboxylic acids is 1. The zero-order valence-electron chi connectivity index (χ0n) is 11.7.